The Morgan fingerprint density at radius 3 is 2.20 bits per heavy atom. The Hall–Kier alpha value is -2.69. The van der Waals surface area contributed by atoms with Crippen LogP contribution in [-0.4, -0.2) is 15.0 Å². The van der Waals surface area contributed by atoms with Gasteiger partial charge in [0, 0.05) is 12.2 Å². The van der Waals surface area contributed by atoms with E-state index in [0.717, 1.165) is 16.9 Å². The fourth-order valence-corrected chi connectivity index (χ4v) is 1.87. The van der Waals surface area contributed by atoms with Crippen LogP contribution >= 0.6 is 0 Å². The minimum absolute atomic E-state index is 0.218. The van der Waals surface area contributed by atoms with Gasteiger partial charge in [-0.1, -0.05) is 12.1 Å². The highest BCUT2D eigenvalue weighted by Gasteiger charge is 1.98. The van der Waals surface area contributed by atoms with Crippen LogP contribution in [0, 0.1) is 5.82 Å². The van der Waals surface area contributed by atoms with Crippen LogP contribution in [0.25, 0.3) is 5.69 Å². The molecule has 0 saturated heterocycles. The predicted molar refractivity (Wildman–Crippen MR) is 75.1 cm³/mol. The summed E-state index contributed by atoms with van der Waals surface area (Å²) < 4.78 is 12.8. The molecule has 4 nitrogen and oxygen atoms in total. The first-order chi connectivity index (χ1) is 9.81. The Balaban J connectivity index is 1.65. The van der Waals surface area contributed by atoms with Gasteiger partial charge in [-0.3, -0.25) is 0 Å². The second-order valence-electron chi connectivity index (χ2n) is 4.35. The van der Waals surface area contributed by atoms with Crippen molar-refractivity contribution >= 4 is 5.69 Å². The molecule has 1 aromatic heterocycles. The summed E-state index contributed by atoms with van der Waals surface area (Å²) in [5.74, 6) is -0.218. The Labute approximate surface area is 115 Å². The standard InChI is InChI=1S/C15H13FN4/c16-13-3-1-12(2-4-13)11-17-14-5-7-15(8-6-14)20-18-9-10-19-20/h1-10,17H,11H2. The third-order valence-corrected chi connectivity index (χ3v) is 2.93. The Morgan fingerprint density at radius 1 is 0.900 bits per heavy atom. The van der Waals surface area contributed by atoms with Crippen molar-refractivity contribution in [1.82, 2.24) is 15.0 Å². The minimum Gasteiger partial charge on any atom is -0.381 e. The molecule has 100 valence electrons. The van der Waals surface area contributed by atoms with Crippen LogP contribution in [-0.2, 0) is 6.54 Å². The van der Waals surface area contributed by atoms with Crippen LogP contribution in [0.1, 0.15) is 5.56 Å². The van der Waals surface area contributed by atoms with E-state index in [0.29, 0.717) is 6.54 Å². The Bertz CT molecular complexity index is 660. The van der Waals surface area contributed by atoms with Gasteiger partial charge < -0.3 is 5.32 Å². The third kappa shape index (κ3) is 2.83. The second kappa shape index (κ2) is 5.52. The van der Waals surface area contributed by atoms with E-state index < -0.39 is 0 Å². The molecule has 1 N–H and O–H groups in total. The molecule has 20 heavy (non-hydrogen) atoms. The van der Waals surface area contributed by atoms with Crippen LogP contribution in [0.15, 0.2) is 60.9 Å². The number of rotatable bonds is 4. The smallest absolute Gasteiger partial charge is 0.123 e. The summed E-state index contributed by atoms with van der Waals surface area (Å²) in [5.41, 5.74) is 2.93. The molecule has 1 heterocycles. The molecular weight excluding hydrogens is 255 g/mol. The van der Waals surface area contributed by atoms with Gasteiger partial charge in [0.25, 0.3) is 0 Å². The van der Waals surface area contributed by atoms with E-state index >= 15 is 0 Å². The van der Waals surface area contributed by atoms with Crippen molar-refractivity contribution in [2.45, 2.75) is 6.54 Å². The number of nitrogens with one attached hydrogen (secondary N) is 1. The highest BCUT2D eigenvalue weighted by atomic mass is 19.1. The number of hydrogen-bond acceptors (Lipinski definition) is 3. The predicted octanol–water partition coefficient (Wildman–Crippen LogP) is 3.02. The molecule has 3 rings (SSSR count). The van der Waals surface area contributed by atoms with Crippen molar-refractivity contribution in [3.05, 3.63) is 72.3 Å². The van der Waals surface area contributed by atoms with Gasteiger partial charge in [-0.15, -0.1) is 0 Å². The van der Waals surface area contributed by atoms with Crippen LogP contribution in [0.2, 0.25) is 0 Å². The van der Waals surface area contributed by atoms with Crippen molar-refractivity contribution in [3.8, 4) is 5.69 Å². The summed E-state index contributed by atoms with van der Waals surface area (Å²) in [6, 6.07) is 14.3. The lowest BCUT2D eigenvalue weighted by atomic mass is 10.2. The molecule has 0 radical (unpaired) electrons. The van der Waals surface area contributed by atoms with Gasteiger partial charge in [0.1, 0.15) is 5.82 Å². The van der Waals surface area contributed by atoms with E-state index in [4.69, 9.17) is 0 Å². The van der Waals surface area contributed by atoms with E-state index in [1.807, 2.05) is 24.3 Å². The molecule has 0 amide bonds. The number of nitrogens with zero attached hydrogens (tertiary/aromatic N) is 3. The lowest BCUT2D eigenvalue weighted by Gasteiger charge is -2.07. The lowest BCUT2D eigenvalue weighted by Crippen LogP contribution is -2.01. The van der Waals surface area contributed by atoms with Crippen molar-refractivity contribution < 1.29 is 4.39 Å². The zero-order valence-electron chi connectivity index (χ0n) is 10.7. The molecule has 0 unspecified atom stereocenters. The summed E-state index contributed by atoms with van der Waals surface area (Å²) in [5, 5.41) is 11.4. The average Bonchev–Trinajstić information content (AvgIpc) is 3.01. The summed E-state index contributed by atoms with van der Waals surface area (Å²) >= 11 is 0. The van der Waals surface area contributed by atoms with Crippen molar-refractivity contribution in [2.24, 2.45) is 0 Å². The number of halogens is 1. The summed E-state index contributed by atoms with van der Waals surface area (Å²) in [6.45, 7) is 0.652. The highest BCUT2D eigenvalue weighted by molar-refractivity contribution is 5.48. The number of aromatic nitrogens is 3. The fraction of sp³-hybridized carbons (Fsp3) is 0.0667. The summed E-state index contributed by atoms with van der Waals surface area (Å²) in [6.07, 6.45) is 3.28. The quantitative estimate of drug-likeness (QED) is 0.791. The van der Waals surface area contributed by atoms with Crippen molar-refractivity contribution in [3.63, 3.8) is 0 Å². The second-order valence-corrected chi connectivity index (χ2v) is 4.35. The number of hydrogen-bond donors (Lipinski definition) is 1. The highest BCUT2D eigenvalue weighted by Crippen LogP contribution is 2.13. The molecule has 0 aliphatic heterocycles. The van der Waals surface area contributed by atoms with Gasteiger partial charge in [0.05, 0.1) is 18.1 Å². The van der Waals surface area contributed by atoms with Crippen LogP contribution in [0.5, 0.6) is 0 Å². The maximum absolute atomic E-state index is 12.8. The first kappa shape index (κ1) is 12.3. The first-order valence-corrected chi connectivity index (χ1v) is 6.26. The van der Waals surface area contributed by atoms with Crippen LogP contribution < -0.4 is 5.32 Å². The lowest BCUT2D eigenvalue weighted by molar-refractivity contribution is 0.627. The molecule has 0 spiro atoms. The molecule has 0 bridgehead atoms. The van der Waals surface area contributed by atoms with E-state index in [2.05, 4.69) is 15.5 Å². The minimum atomic E-state index is -0.218. The van der Waals surface area contributed by atoms with Gasteiger partial charge in [-0.2, -0.15) is 15.0 Å². The first-order valence-electron chi connectivity index (χ1n) is 6.26. The van der Waals surface area contributed by atoms with Crippen LogP contribution in [0.3, 0.4) is 0 Å². The monoisotopic (exact) mass is 268 g/mol. The van der Waals surface area contributed by atoms with Crippen molar-refractivity contribution in [2.75, 3.05) is 5.32 Å². The summed E-state index contributed by atoms with van der Waals surface area (Å²) in [4.78, 5) is 1.56. The van der Waals surface area contributed by atoms with Gasteiger partial charge in [-0.25, -0.2) is 4.39 Å². The Morgan fingerprint density at radius 2 is 1.55 bits per heavy atom. The molecule has 2 aromatic carbocycles. The Kier molecular flexibility index (Phi) is 3.41. The maximum atomic E-state index is 12.8. The molecule has 0 atom stereocenters. The zero-order chi connectivity index (χ0) is 13.8. The van der Waals surface area contributed by atoms with E-state index in [-0.39, 0.29) is 5.82 Å². The number of anilines is 1. The number of benzene rings is 2. The van der Waals surface area contributed by atoms with E-state index in [9.17, 15) is 4.39 Å². The zero-order valence-corrected chi connectivity index (χ0v) is 10.7. The van der Waals surface area contributed by atoms with Gasteiger partial charge in [-0.05, 0) is 42.0 Å². The third-order valence-electron chi connectivity index (χ3n) is 2.93. The van der Waals surface area contributed by atoms with Gasteiger partial charge >= 0.3 is 0 Å². The van der Waals surface area contributed by atoms with E-state index in [1.54, 1.807) is 29.3 Å². The molecule has 0 fully saturated rings. The average molecular weight is 268 g/mol. The largest absolute Gasteiger partial charge is 0.381 e. The summed E-state index contributed by atoms with van der Waals surface area (Å²) in [7, 11) is 0. The molecule has 3 aromatic rings. The maximum Gasteiger partial charge on any atom is 0.123 e. The van der Waals surface area contributed by atoms with Crippen LogP contribution in [0.4, 0.5) is 10.1 Å². The van der Waals surface area contributed by atoms with E-state index in [1.165, 1.54) is 12.1 Å². The molecule has 0 aliphatic carbocycles. The van der Waals surface area contributed by atoms with Gasteiger partial charge in [0.2, 0.25) is 0 Å². The van der Waals surface area contributed by atoms with Crippen molar-refractivity contribution in [1.29, 1.82) is 0 Å². The van der Waals surface area contributed by atoms with Gasteiger partial charge in [0.15, 0.2) is 0 Å². The normalized spacial score (nSPS) is 10.4. The molecule has 0 aliphatic rings. The molecular formula is C15H13FN4. The topological polar surface area (TPSA) is 42.7 Å². The fourth-order valence-electron chi connectivity index (χ4n) is 1.87. The molecule has 0 saturated carbocycles. The SMILES string of the molecule is Fc1ccc(CNc2ccc(-n3nccn3)cc2)cc1. The molecule has 5 heteroatoms.